The van der Waals surface area contributed by atoms with Gasteiger partial charge in [-0.1, -0.05) is 194 Å². The van der Waals surface area contributed by atoms with Gasteiger partial charge < -0.3 is 13.4 Å². The highest BCUT2D eigenvalue weighted by molar-refractivity contribution is 6.11. The van der Waals surface area contributed by atoms with Crippen molar-refractivity contribution in [2.24, 2.45) is 0 Å². The van der Waals surface area contributed by atoms with E-state index in [-0.39, 0.29) is 5.92 Å². The van der Waals surface area contributed by atoms with Crippen molar-refractivity contribution in [2.45, 2.75) is 5.92 Å². The van der Waals surface area contributed by atoms with Crippen LogP contribution in [0, 0.1) is 0 Å². The first kappa shape index (κ1) is 36.3. The van der Waals surface area contributed by atoms with Crippen LogP contribution in [0.25, 0.3) is 105 Å². The number of hydrogen-bond donors (Lipinski definition) is 0. The molecule has 0 radical (unpaired) electrons. The third-order valence-electron chi connectivity index (χ3n) is 13.2. The average molecular weight is 818 g/mol. The molecule has 64 heavy (non-hydrogen) atoms. The third kappa shape index (κ3) is 5.82. The maximum Gasteiger partial charge on any atom is 0.143 e. The lowest BCUT2D eigenvalue weighted by atomic mass is 9.83. The summed E-state index contributed by atoms with van der Waals surface area (Å²) in [5.74, 6) is -0.00919. The zero-order valence-corrected chi connectivity index (χ0v) is 34.8. The van der Waals surface area contributed by atoms with E-state index in [1.807, 2.05) is 24.3 Å². The lowest BCUT2D eigenvalue weighted by Gasteiger charge is -2.20. The molecule has 0 bridgehead atoms. The van der Waals surface area contributed by atoms with E-state index in [2.05, 4.69) is 211 Å². The Hall–Kier alpha value is -8.40. The van der Waals surface area contributed by atoms with Gasteiger partial charge in [0.1, 0.15) is 22.3 Å². The number of aromatic nitrogens is 1. The van der Waals surface area contributed by atoms with Crippen LogP contribution >= 0.6 is 0 Å². The van der Waals surface area contributed by atoms with Crippen LogP contribution in [0.3, 0.4) is 0 Å². The summed E-state index contributed by atoms with van der Waals surface area (Å²) in [5, 5.41) is 7.07. The molecule has 300 valence electrons. The molecule has 0 atom stereocenters. The number of furan rings is 2. The Bertz CT molecular complexity index is 3670. The molecule has 0 aliphatic rings. The first-order valence-electron chi connectivity index (χ1n) is 21.9. The van der Waals surface area contributed by atoms with Crippen LogP contribution in [0.4, 0.5) is 0 Å². The average Bonchev–Trinajstić information content (AvgIpc) is 4.05. The molecule has 0 unspecified atom stereocenters. The SMILES string of the molecule is c1cc(-c2ccc(C(c3ccc(-c4cccc5c4oc4ccccc45)cc3)c3ccc(-c4cccc5c4oc4ccccc45)cc3)cc2)cc(-n2c3ccccc3c3ccccc32)c1. The molecule has 3 heteroatoms. The molecule has 3 nitrogen and oxygen atoms in total. The molecule has 0 aliphatic heterocycles. The van der Waals surface area contributed by atoms with Gasteiger partial charge in [0.15, 0.2) is 0 Å². The molecular formula is C61H39NO2. The van der Waals surface area contributed by atoms with Gasteiger partial charge in [-0.3, -0.25) is 0 Å². The van der Waals surface area contributed by atoms with Crippen LogP contribution < -0.4 is 0 Å². The van der Waals surface area contributed by atoms with Crippen molar-refractivity contribution in [3.63, 3.8) is 0 Å². The van der Waals surface area contributed by atoms with Gasteiger partial charge in [0.05, 0.1) is 11.0 Å². The van der Waals surface area contributed by atoms with Gasteiger partial charge in [0.25, 0.3) is 0 Å². The molecule has 0 aliphatic carbocycles. The number of nitrogens with zero attached hydrogens (tertiary/aromatic N) is 1. The van der Waals surface area contributed by atoms with Gasteiger partial charge in [-0.05, 0) is 75.3 Å². The smallest absolute Gasteiger partial charge is 0.143 e. The predicted octanol–water partition coefficient (Wildman–Crippen LogP) is 16.8. The Labute approximate surface area is 369 Å². The van der Waals surface area contributed by atoms with E-state index < -0.39 is 0 Å². The normalized spacial score (nSPS) is 11.9. The highest BCUT2D eigenvalue weighted by atomic mass is 16.3. The van der Waals surface area contributed by atoms with Crippen LogP contribution in [0.15, 0.2) is 239 Å². The number of hydrogen-bond acceptors (Lipinski definition) is 2. The summed E-state index contributed by atoms with van der Waals surface area (Å²) < 4.78 is 15.3. The largest absolute Gasteiger partial charge is 0.455 e. The maximum atomic E-state index is 6.45. The number of para-hydroxylation sites is 6. The molecule has 0 N–H and O–H groups in total. The fourth-order valence-electron chi connectivity index (χ4n) is 10.1. The second kappa shape index (κ2) is 14.6. The fourth-order valence-corrected chi connectivity index (χ4v) is 10.1. The molecule has 0 fully saturated rings. The van der Waals surface area contributed by atoms with Crippen molar-refractivity contribution < 1.29 is 8.83 Å². The van der Waals surface area contributed by atoms with E-state index in [1.54, 1.807) is 0 Å². The Kier molecular flexibility index (Phi) is 8.28. The number of rotatable bonds is 7. The van der Waals surface area contributed by atoms with Crippen molar-refractivity contribution in [3.05, 3.63) is 247 Å². The first-order chi connectivity index (χ1) is 31.7. The van der Waals surface area contributed by atoms with Gasteiger partial charge >= 0.3 is 0 Å². The molecule has 0 saturated heterocycles. The summed E-state index contributed by atoms with van der Waals surface area (Å²) in [7, 11) is 0. The molecule has 3 heterocycles. The summed E-state index contributed by atoms with van der Waals surface area (Å²) in [6, 6.07) is 83.0. The van der Waals surface area contributed by atoms with Crippen molar-refractivity contribution in [1.29, 1.82) is 0 Å². The van der Waals surface area contributed by atoms with Crippen LogP contribution in [0.5, 0.6) is 0 Å². The van der Waals surface area contributed by atoms with Gasteiger partial charge in [0, 0.05) is 55.0 Å². The summed E-state index contributed by atoms with van der Waals surface area (Å²) in [6.07, 6.45) is 0. The summed E-state index contributed by atoms with van der Waals surface area (Å²) in [6.45, 7) is 0. The number of benzene rings is 10. The number of fused-ring (bicyclic) bond motifs is 9. The van der Waals surface area contributed by atoms with Gasteiger partial charge in [-0.15, -0.1) is 0 Å². The predicted molar refractivity (Wildman–Crippen MR) is 265 cm³/mol. The zero-order chi connectivity index (χ0) is 42.1. The molecule has 13 rings (SSSR count). The van der Waals surface area contributed by atoms with Gasteiger partial charge in [-0.25, -0.2) is 0 Å². The Morgan fingerprint density at radius 1 is 0.297 bits per heavy atom. The zero-order valence-electron chi connectivity index (χ0n) is 34.8. The van der Waals surface area contributed by atoms with Crippen LogP contribution in [-0.2, 0) is 0 Å². The highest BCUT2D eigenvalue weighted by Gasteiger charge is 2.20. The standard InChI is InChI=1S/C61H39NO2/c1-5-22-55-49(14-1)50-15-2-6-23-56(50)62(55)46-13-9-12-45(38-46)39-26-32-42(33-27-39)59(43-34-28-40(29-35-43)47-18-10-20-53-51-16-3-7-24-57(51)63-60(47)53)44-36-30-41(31-37-44)48-19-11-21-54-52-17-4-8-25-58(52)64-61(48)54/h1-38,59H. The molecule has 0 saturated carbocycles. The fraction of sp³-hybridized carbons (Fsp3) is 0.0164. The lowest BCUT2D eigenvalue weighted by molar-refractivity contribution is 0.669. The molecule has 0 amide bonds. The van der Waals surface area contributed by atoms with E-state index in [0.717, 1.165) is 71.8 Å². The highest BCUT2D eigenvalue weighted by Crippen LogP contribution is 2.41. The molecular weight excluding hydrogens is 779 g/mol. The quantitative estimate of drug-likeness (QED) is 0.150. The Morgan fingerprint density at radius 3 is 1.20 bits per heavy atom. The van der Waals surface area contributed by atoms with Gasteiger partial charge in [-0.2, -0.15) is 0 Å². The maximum absolute atomic E-state index is 6.45. The van der Waals surface area contributed by atoms with E-state index >= 15 is 0 Å². The molecule has 3 aromatic heterocycles. The summed E-state index contributed by atoms with van der Waals surface area (Å²) in [4.78, 5) is 0. The van der Waals surface area contributed by atoms with Crippen LogP contribution in [0.1, 0.15) is 22.6 Å². The lowest BCUT2D eigenvalue weighted by Crippen LogP contribution is -2.03. The van der Waals surface area contributed by atoms with E-state index in [1.165, 1.54) is 49.6 Å². The van der Waals surface area contributed by atoms with E-state index in [0.29, 0.717) is 0 Å². The molecule has 10 aromatic carbocycles. The minimum Gasteiger partial charge on any atom is -0.455 e. The Balaban J connectivity index is 0.894. The minimum absolute atomic E-state index is 0.00919. The van der Waals surface area contributed by atoms with E-state index in [9.17, 15) is 0 Å². The van der Waals surface area contributed by atoms with Crippen molar-refractivity contribution in [3.8, 4) is 39.1 Å². The third-order valence-corrected chi connectivity index (χ3v) is 13.2. The van der Waals surface area contributed by atoms with Crippen molar-refractivity contribution in [1.82, 2.24) is 4.57 Å². The van der Waals surface area contributed by atoms with Crippen molar-refractivity contribution >= 4 is 65.7 Å². The van der Waals surface area contributed by atoms with Crippen LogP contribution in [0.2, 0.25) is 0 Å². The first-order valence-corrected chi connectivity index (χ1v) is 21.9. The molecule has 0 spiro atoms. The van der Waals surface area contributed by atoms with E-state index in [4.69, 9.17) is 8.83 Å². The van der Waals surface area contributed by atoms with Crippen LogP contribution in [-0.4, -0.2) is 4.57 Å². The summed E-state index contributed by atoms with van der Waals surface area (Å²) in [5.41, 5.74) is 17.6. The van der Waals surface area contributed by atoms with Gasteiger partial charge in [0.2, 0.25) is 0 Å². The summed E-state index contributed by atoms with van der Waals surface area (Å²) >= 11 is 0. The topological polar surface area (TPSA) is 31.2 Å². The monoisotopic (exact) mass is 817 g/mol. The van der Waals surface area contributed by atoms with Crippen molar-refractivity contribution in [2.75, 3.05) is 0 Å². The Morgan fingerprint density at radius 2 is 0.703 bits per heavy atom. The second-order valence-corrected chi connectivity index (χ2v) is 16.8. The minimum atomic E-state index is -0.00919. The second-order valence-electron chi connectivity index (χ2n) is 16.8. The molecule has 13 aromatic rings.